The first-order valence-corrected chi connectivity index (χ1v) is 6.06. The molecule has 1 aromatic heterocycles. The molecule has 0 aliphatic rings. The van der Waals surface area contributed by atoms with Crippen LogP contribution in [0.15, 0.2) is 30.6 Å². The quantitative estimate of drug-likeness (QED) is 0.905. The average molecular weight is 277 g/mol. The third kappa shape index (κ3) is 2.70. The molecule has 5 nitrogen and oxygen atoms in total. The molecule has 0 aliphatic carbocycles. The maximum absolute atomic E-state index is 13.5. The number of methoxy groups -OCH3 is 2. The number of hydrogen-bond acceptors (Lipinski definition) is 5. The van der Waals surface area contributed by atoms with Crippen molar-refractivity contribution in [2.24, 2.45) is 0 Å². The van der Waals surface area contributed by atoms with Gasteiger partial charge in [-0.2, -0.15) is 0 Å². The fraction of sp³-hybridized carbons (Fsp3) is 0.286. The Morgan fingerprint density at radius 1 is 1.15 bits per heavy atom. The zero-order chi connectivity index (χ0) is 14.5. The van der Waals surface area contributed by atoms with Gasteiger partial charge in [-0.3, -0.25) is 4.98 Å². The van der Waals surface area contributed by atoms with E-state index in [1.54, 1.807) is 31.6 Å². The van der Waals surface area contributed by atoms with Gasteiger partial charge in [-0.25, -0.2) is 9.37 Å². The number of hydrogen-bond donors (Lipinski definition) is 1. The second-order valence-electron chi connectivity index (χ2n) is 4.07. The van der Waals surface area contributed by atoms with E-state index in [2.05, 4.69) is 15.3 Å². The first-order valence-electron chi connectivity index (χ1n) is 6.06. The summed E-state index contributed by atoms with van der Waals surface area (Å²) in [7, 11) is 4.75. The number of ether oxygens (including phenoxy) is 2. The van der Waals surface area contributed by atoms with E-state index < -0.39 is 5.82 Å². The Kier molecular flexibility index (Phi) is 4.47. The van der Waals surface area contributed by atoms with E-state index in [0.29, 0.717) is 11.6 Å². The lowest BCUT2D eigenvalue weighted by atomic mass is 10.0. The summed E-state index contributed by atoms with van der Waals surface area (Å²) in [6.07, 6.45) is 3.14. The predicted molar refractivity (Wildman–Crippen MR) is 72.4 cm³/mol. The van der Waals surface area contributed by atoms with E-state index in [0.717, 1.165) is 5.56 Å². The van der Waals surface area contributed by atoms with Crippen LogP contribution in [0.25, 0.3) is 0 Å². The highest BCUT2D eigenvalue weighted by atomic mass is 19.1. The molecule has 1 N–H and O–H groups in total. The molecule has 0 saturated heterocycles. The molecule has 20 heavy (non-hydrogen) atoms. The van der Waals surface area contributed by atoms with Gasteiger partial charge in [-0.15, -0.1) is 0 Å². The van der Waals surface area contributed by atoms with Gasteiger partial charge in [0.2, 0.25) is 5.88 Å². The number of rotatable bonds is 5. The van der Waals surface area contributed by atoms with Crippen LogP contribution in [0.1, 0.15) is 17.3 Å². The number of nitrogens with zero attached hydrogens (tertiary/aromatic N) is 2. The highest BCUT2D eigenvalue weighted by molar-refractivity contribution is 5.38. The molecule has 0 spiro atoms. The fourth-order valence-corrected chi connectivity index (χ4v) is 2.01. The second-order valence-corrected chi connectivity index (χ2v) is 4.07. The van der Waals surface area contributed by atoms with Crippen molar-refractivity contribution in [3.8, 4) is 11.6 Å². The van der Waals surface area contributed by atoms with Crippen LogP contribution in [0.3, 0.4) is 0 Å². The Bertz CT molecular complexity index is 592. The Balaban J connectivity index is 2.47. The summed E-state index contributed by atoms with van der Waals surface area (Å²) in [5, 5.41) is 3.12. The number of nitrogens with one attached hydrogen (secondary N) is 1. The molecule has 0 bridgehead atoms. The molecule has 106 valence electrons. The summed E-state index contributed by atoms with van der Waals surface area (Å²) in [4.78, 5) is 8.41. The lowest BCUT2D eigenvalue weighted by Crippen LogP contribution is -2.20. The van der Waals surface area contributed by atoms with Gasteiger partial charge in [-0.05, 0) is 24.7 Å². The molecule has 1 unspecified atom stereocenters. The topological polar surface area (TPSA) is 56.3 Å². The highest BCUT2D eigenvalue weighted by Crippen LogP contribution is 2.29. The van der Waals surface area contributed by atoms with E-state index in [1.165, 1.54) is 20.3 Å². The number of aromatic nitrogens is 2. The zero-order valence-electron chi connectivity index (χ0n) is 11.6. The van der Waals surface area contributed by atoms with Gasteiger partial charge in [0.1, 0.15) is 5.69 Å². The summed E-state index contributed by atoms with van der Waals surface area (Å²) in [6.45, 7) is 0. The van der Waals surface area contributed by atoms with Gasteiger partial charge in [0.25, 0.3) is 0 Å². The molecule has 1 heterocycles. The maximum atomic E-state index is 13.5. The van der Waals surface area contributed by atoms with Crippen LogP contribution in [0.2, 0.25) is 0 Å². The average Bonchev–Trinajstić information content (AvgIpc) is 2.50. The zero-order valence-corrected chi connectivity index (χ0v) is 11.6. The molecular weight excluding hydrogens is 261 g/mol. The summed E-state index contributed by atoms with van der Waals surface area (Å²) in [6, 6.07) is 4.40. The summed E-state index contributed by atoms with van der Waals surface area (Å²) < 4.78 is 23.7. The minimum Gasteiger partial charge on any atom is -0.494 e. The molecule has 2 aromatic rings. The Morgan fingerprint density at radius 2 is 1.90 bits per heavy atom. The van der Waals surface area contributed by atoms with Crippen LogP contribution in [-0.2, 0) is 0 Å². The van der Waals surface area contributed by atoms with Crippen LogP contribution in [0.4, 0.5) is 4.39 Å². The minimum absolute atomic E-state index is 0.186. The van der Waals surface area contributed by atoms with Gasteiger partial charge >= 0.3 is 0 Å². The maximum Gasteiger partial charge on any atom is 0.237 e. The molecular formula is C14H16FN3O2. The lowest BCUT2D eigenvalue weighted by molar-refractivity contribution is 0.380. The second kappa shape index (κ2) is 6.29. The van der Waals surface area contributed by atoms with Crippen LogP contribution in [0.5, 0.6) is 11.6 Å². The van der Waals surface area contributed by atoms with E-state index in [-0.39, 0.29) is 11.8 Å². The molecule has 6 heteroatoms. The van der Waals surface area contributed by atoms with Gasteiger partial charge in [0.05, 0.1) is 20.3 Å². The van der Waals surface area contributed by atoms with Crippen molar-refractivity contribution in [2.75, 3.05) is 21.3 Å². The largest absolute Gasteiger partial charge is 0.494 e. The number of halogens is 1. The van der Waals surface area contributed by atoms with Gasteiger partial charge in [0, 0.05) is 12.4 Å². The Morgan fingerprint density at radius 3 is 2.55 bits per heavy atom. The van der Waals surface area contributed by atoms with E-state index in [9.17, 15) is 4.39 Å². The van der Waals surface area contributed by atoms with Gasteiger partial charge < -0.3 is 14.8 Å². The standard InChI is InChI=1S/C14H16FN3O2/c1-16-12(13-14(20-3)18-7-6-17-13)9-4-5-10(15)11(8-9)19-2/h4-8,12,16H,1-3H3. The monoisotopic (exact) mass is 277 g/mol. The number of benzene rings is 1. The normalized spacial score (nSPS) is 12.0. The van der Waals surface area contributed by atoms with Gasteiger partial charge in [0.15, 0.2) is 11.6 Å². The molecule has 2 rings (SSSR count). The SMILES string of the molecule is CNC(c1ccc(F)c(OC)c1)c1nccnc1OC. The molecule has 0 amide bonds. The molecule has 0 fully saturated rings. The first-order chi connectivity index (χ1) is 9.71. The van der Waals surface area contributed by atoms with Crippen LogP contribution >= 0.6 is 0 Å². The van der Waals surface area contributed by atoms with Gasteiger partial charge in [-0.1, -0.05) is 6.07 Å². The predicted octanol–water partition coefficient (Wildman–Crippen LogP) is 1.94. The molecule has 0 aliphatic heterocycles. The Hall–Kier alpha value is -2.21. The van der Waals surface area contributed by atoms with Crippen molar-refractivity contribution in [1.82, 2.24) is 15.3 Å². The van der Waals surface area contributed by atoms with Crippen molar-refractivity contribution in [3.05, 3.63) is 47.7 Å². The van der Waals surface area contributed by atoms with E-state index >= 15 is 0 Å². The molecule has 1 aromatic carbocycles. The molecule has 1 atom stereocenters. The van der Waals surface area contributed by atoms with Crippen molar-refractivity contribution in [2.45, 2.75) is 6.04 Å². The molecule has 0 radical (unpaired) electrons. The summed E-state index contributed by atoms with van der Waals surface area (Å²) in [5.74, 6) is 0.206. The van der Waals surface area contributed by atoms with E-state index in [4.69, 9.17) is 9.47 Å². The lowest BCUT2D eigenvalue weighted by Gasteiger charge is -2.18. The third-order valence-corrected chi connectivity index (χ3v) is 2.96. The first kappa shape index (κ1) is 14.2. The van der Waals surface area contributed by atoms with Crippen LogP contribution in [0, 0.1) is 5.82 Å². The molecule has 0 saturated carbocycles. The van der Waals surface area contributed by atoms with Crippen molar-refractivity contribution < 1.29 is 13.9 Å². The van der Waals surface area contributed by atoms with Crippen molar-refractivity contribution >= 4 is 0 Å². The minimum atomic E-state index is -0.405. The fourth-order valence-electron chi connectivity index (χ4n) is 2.01. The van der Waals surface area contributed by atoms with Crippen LogP contribution < -0.4 is 14.8 Å². The highest BCUT2D eigenvalue weighted by Gasteiger charge is 2.20. The Labute approximate surface area is 116 Å². The third-order valence-electron chi connectivity index (χ3n) is 2.96. The smallest absolute Gasteiger partial charge is 0.237 e. The van der Waals surface area contributed by atoms with Crippen LogP contribution in [-0.4, -0.2) is 31.2 Å². The summed E-state index contributed by atoms with van der Waals surface area (Å²) >= 11 is 0. The summed E-state index contributed by atoms with van der Waals surface area (Å²) in [5.41, 5.74) is 1.44. The van der Waals surface area contributed by atoms with Crippen molar-refractivity contribution in [1.29, 1.82) is 0 Å². The van der Waals surface area contributed by atoms with Crippen molar-refractivity contribution in [3.63, 3.8) is 0 Å². The van der Waals surface area contributed by atoms with E-state index in [1.807, 2.05) is 0 Å².